The minimum Gasteiger partial charge on any atom is -0.496 e. The molecule has 3 heteroatoms. The van der Waals surface area contributed by atoms with Gasteiger partial charge in [0.1, 0.15) is 11.6 Å². The van der Waals surface area contributed by atoms with Crippen LogP contribution in [0.25, 0.3) is 0 Å². The predicted octanol–water partition coefficient (Wildman–Crippen LogP) is 3.53. The molecule has 0 aliphatic carbocycles. The molecule has 0 bridgehead atoms. The van der Waals surface area contributed by atoms with E-state index in [0.29, 0.717) is 11.3 Å². The second kappa shape index (κ2) is 6.34. The highest BCUT2D eigenvalue weighted by Gasteiger charge is 2.21. The zero-order chi connectivity index (χ0) is 13.7. The second-order valence-electron chi connectivity index (χ2n) is 4.26. The van der Waals surface area contributed by atoms with Gasteiger partial charge in [0.2, 0.25) is 0 Å². The molecule has 0 saturated heterocycles. The summed E-state index contributed by atoms with van der Waals surface area (Å²) in [7, 11) is 1.56. The van der Waals surface area contributed by atoms with Crippen molar-refractivity contribution < 1.29 is 9.13 Å². The van der Waals surface area contributed by atoms with Gasteiger partial charge >= 0.3 is 0 Å². The minimum absolute atomic E-state index is 0.206. The van der Waals surface area contributed by atoms with Gasteiger partial charge in [0.25, 0.3) is 0 Å². The predicted molar refractivity (Wildman–Crippen MR) is 74.9 cm³/mol. The van der Waals surface area contributed by atoms with Crippen molar-refractivity contribution in [3.8, 4) is 5.75 Å². The molecule has 1 atom stereocenters. The third-order valence-corrected chi connectivity index (χ3v) is 3.06. The molecule has 2 nitrogen and oxygen atoms in total. The van der Waals surface area contributed by atoms with E-state index in [9.17, 15) is 4.39 Å². The number of hydrogen-bond acceptors (Lipinski definition) is 2. The molecule has 0 aliphatic rings. The summed E-state index contributed by atoms with van der Waals surface area (Å²) in [5, 5.41) is 3.31. The summed E-state index contributed by atoms with van der Waals surface area (Å²) in [6.45, 7) is 2.75. The third-order valence-electron chi connectivity index (χ3n) is 3.06. The highest BCUT2D eigenvalue weighted by molar-refractivity contribution is 5.42. The maximum atomic E-state index is 14.2. The van der Waals surface area contributed by atoms with E-state index in [0.717, 1.165) is 12.1 Å². The van der Waals surface area contributed by atoms with Crippen LogP contribution in [-0.4, -0.2) is 13.7 Å². The fourth-order valence-corrected chi connectivity index (χ4v) is 2.21. The van der Waals surface area contributed by atoms with Crippen molar-refractivity contribution in [2.24, 2.45) is 0 Å². The molecule has 1 unspecified atom stereocenters. The van der Waals surface area contributed by atoms with Crippen LogP contribution in [0.5, 0.6) is 5.75 Å². The molecule has 0 radical (unpaired) electrons. The Balaban J connectivity index is 2.51. The number of nitrogens with one attached hydrogen (secondary N) is 1. The van der Waals surface area contributed by atoms with Gasteiger partial charge in [-0.2, -0.15) is 0 Å². The summed E-state index contributed by atoms with van der Waals surface area (Å²) in [6, 6.07) is 14.5. The van der Waals surface area contributed by atoms with Gasteiger partial charge in [-0.3, -0.25) is 0 Å². The van der Waals surface area contributed by atoms with E-state index >= 15 is 0 Å². The quantitative estimate of drug-likeness (QED) is 0.887. The number of halogens is 1. The molecule has 2 aromatic carbocycles. The summed E-state index contributed by atoms with van der Waals surface area (Å²) in [6.07, 6.45) is 0. The lowest BCUT2D eigenvalue weighted by atomic mass is 9.97. The SMILES string of the molecule is CCNC(c1ccccc1)c1c(F)cccc1OC. The van der Waals surface area contributed by atoms with Gasteiger partial charge in [0.15, 0.2) is 0 Å². The molecule has 0 spiro atoms. The van der Waals surface area contributed by atoms with E-state index in [1.807, 2.05) is 37.3 Å². The topological polar surface area (TPSA) is 21.3 Å². The molecule has 0 amide bonds. The van der Waals surface area contributed by atoms with Crippen molar-refractivity contribution in [1.29, 1.82) is 0 Å². The molecule has 0 saturated carbocycles. The molecule has 19 heavy (non-hydrogen) atoms. The van der Waals surface area contributed by atoms with Crippen molar-refractivity contribution in [2.45, 2.75) is 13.0 Å². The molecule has 100 valence electrons. The molecular formula is C16H18FNO. The first-order valence-electron chi connectivity index (χ1n) is 6.38. The average molecular weight is 259 g/mol. The highest BCUT2D eigenvalue weighted by atomic mass is 19.1. The molecule has 1 N–H and O–H groups in total. The van der Waals surface area contributed by atoms with Gasteiger partial charge in [-0.25, -0.2) is 4.39 Å². The molecule has 2 aromatic rings. The van der Waals surface area contributed by atoms with E-state index in [1.165, 1.54) is 6.07 Å². The van der Waals surface area contributed by atoms with Gasteiger partial charge in [-0.05, 0) is 24.2 Å². The zero-order valence-corrected chi connectivity index (χ0v) is 11.2. The third kappa shape index (κ3) is 2.93. The molecule has 2 rings (SSSR count). The minimum atomic E-state index is -0.255. The monoisotopic (exact) mass is 259 g/mol. The van der Waals surface area contributed by atoms with Crippen LogP contribution < -0.4 is 10.1 Å². The van der Waals surface area contributed by atoms with Gasteiger partial charge in [0, 0.05) is 0 Å². The summed E-state index contributed by atoms with van der Waals surface area (Å²) in [4.78, 5) is 0. The lowest BCUT2D eigenvalue weighted by Gasteiger charge is -2.21. The smallest absolute Gasteiger partial charge is 0.132 e. The van der Waals surface area contributed by atoms with Gasteiger partial charge < -0.3 is 10.1 Å². The Morgan fingerprint density at radius 1 is 1.11 bits per heavy atom. The first kappa shape index (κ1) is 13.6. The number of hydrogen-bond donors (Lipinski definition) is 1. The first-order chi connectivity index (χ1) is 9.27. The van der Waals surface area contributed by atoms with Crippen LogP contribution in [0, 0.1) is 5.82 Å². The largest absolute Gasteiger partial charge is 0.496 e. The summed E-state index contributed by atoms with van der Waals surface area (Å²) < 4.78 is 19.5. The maximum Gasteiger partial charge on any atom is 0.132 e. The van der Waals surface area contributed by atoms with Crippen LogP contribution in [0.4, 0.5) is 4.39 Å². The van der Waals surface area contributed by atoms with Crippen molar-refractivity contribution >= 4 is 0 Å². The Labute approximate surface area is 113 Å². The second-order valence-corrected chi connectivity index (χ2v) is 4.26. The first-order valence-corrected chi connectivity index (χ1v) is 6.38. The number of rotatable bonds is 5. The van der Waals surface area contributed by atoms with Crippen LogP contribution in [0.2, 0.25) is 0 Å². The fraction of sp³-hybridized carbons (Fsp3) is 0.250. The normalized spacial score (nSPS) is 12.2. The van der Waals surface area contributed by atoms with E-state index in [-0.39, 0.29) is 11.9 Å². The Kier molecular flexibility index (Phi) is 4.53. The van der Waals surface area contributed by atoms with Crippen LogP contribution in [0.15, 0.2) is 48.5 Å². The lowest BCUT2D eigenvalue weighted by Crippen LogP contribution is -2.23. The van der Waals surface area contributed by atoms with E-state index in [4.69, 9.17) is 4.74 Å². The number of ether oxygens (including phenoxy) is 1. The van der Waals surface area contributed by atoms with Crippen LogP contribution in [-0.2, 0) is 0 Å². The molecule has 0 heterocycles. The van der Waals surface area contributed by atoms with E-state index in [1.54, 1.807) is 19.2 Å². The fourth-order valence-electron chi connectivity index (χ4n) is 2.21. The Morgan fingerprint density at radius 2 is 1.84 bits per heavy atom. The van der Waals surface area contributed by atoms with Crippen molar-refractivity contribution in [2.75, 3.05) is 13.7 Å². The van der Waals surface area contributed by atoms with Gasteiger partial charge in [-0.15, -0.1) is 0 Å². The number of benzene rings is 2. The Hall–Kier alpha value is -1.87. The van der Waals surface area contributed by atoms with Gasteiger partial charge in [0.05, 0.1) is 18.7 Å². The van der Waals surface area contributed by atoms with E-state index < -0.39 is 0 Å². The molecule has 0 aliphatic heterocycles. The molecule has 0 fully saturated rings. The van der Waals surface area contributed by atoms with Crippen LogP contribution >= 0.6 is 0 Å². The van der Waals surface area contributed by atoms with Crippen LogP contribution in [0.3, 0.4) is 0 Å². The van der Waals surface area contributed by atoms with Crippen LogP contribution in [0.1, 0.15) is 24.1 Å². The highest BCUT2D eigenvalue weighted by Crippen LogP contribution is 2.32. The van der Waals surface area contributed by atoms with Gasteiger partial charge in [-0.1, -0.05) is 43.3 Å². The summed E-state index contributed by atoms with van der Waals surface area (Å²) in [5.41, 5.74) is 1.57. The zero-order valence-electron chi connectivity index (χ0n) is 11.2. The Morgan fingerprint density at radius 3 is 2.47 bits per heavy atom. The molecular weight excluding hydrogens is 241 g/mol. The van der Waals surface area contributed by atoms with Crippen molar-refractivity contribution in [1.82, 2.24) is 5.32 Å². The summed E-state index contributed by atoms with van der Waals surface area (Å²) in [5.74, 6) is 0.309. The summed E-state index contributed by atoms with van der Waals surface area (Å²) >= 11 is 0. The van der Waals surface area contributed by atoms with Crippen molar-refractivity contribution in [3.63, 3.8) is 0 Å². The lowest BCUT2D eigenvalue weighted by molar-refractivity contribution is 0.397. The number of methoxy groups -OCH3 is 1. The van der Waals surface area contributed by atoms with E-state index in [2.05, 4.69) is 5.32 Å². The Bertz CT molecular complexity index is 528. The standard InChI is InChI=1S/C16H18FNO/c1-3-18-16(12-8-5-4-6-9-12)15-13(17)10-7-11-14(15)19-2/h4-11,16,18H,3H2,1-2H3. The maximum absolute atomic E-state index is 14.2. The van der Waals surface area contributed by atoms with Crippen molar-refractivity contribution in [3.05, 3.63) is 65.5 Å². The average Bonchev–Trinajstić information content (AvgIpc) is 2.46. The molecule has 0 aromatic heterocycles.